The molecule has 0 heterocycles. The zero-order valence-corrected chi connectivity index (χ0v) is 33.6. The van der Waals surface area contributed by atoms with Crippen LogP contribution in [0.5, 0.6) is 0 Å². The average Bonchev–Trinajstić information content (AvgIpc) is 3.15. The molecule has 20 nitrogen and oxygen atoms in total. The fourth-order valence-electron chi connectivity index (χ4n) is 3.67. The van der Waals surface area contributed by atoms with Gasteiger partial charge in [-0.05, 0) is 20.8 Å². The molecule has 0 saturated carbocycles. The largest absolute Gasteiger partial charge is 0.476 e. The van der Waals surface area contributed by atoms with Gasteiger partial charge in [0.2, 0.25) is 5.78 Å². The van der Waals surface area contributed by atoms with Crippen LogP contribution in [0.2, 0.25) is 0 Å². The van der Waals surface area contributed by atoms with Gasteiger partial charge < -0.3 is 76.7 Å². The maximum absolute atomic E-state index is 11.5. The number of aliphatic carboxylic acids is 1. The molecule has 0 spiro atoms. The lowest BCUT2D eigenvalue weighted by Gasteiger charge is -2.19. The Morgan fingerprint density at radius 3 is 0.946 bits per heavy atom. The Bertz CT molecular complexity index is 937. The Balaban J connectivity index is 3.15. The van der Waals surface area contributed by atoms with E-state index in [0.717, 1.165) is 0 Å². The van der Waals surface area contributed by atoms with Crippen molar-refractivity contribution in [2.75, 3.05) is 172 Å². The van der Waals surface area contributed by atoms with Crippen molar-refractivity contribution in [3.63, 3.8) is 0 Å². The molecule has 0 aliphatic heterocycles. The van der Waals surface area contributed by atoms with Gasteiger partial charge in [-0.25, -0.2) is 9.59 Å². The molecule has 0 aliphatic carbocycles. The number of esters is 1. The molecular weight excluding hydrogens is 750 g/mol. The monoisotopic (exact) mass is 817 g/mol. The summed E-state index contributed by atoms with van der Waals surface area (Å²) in [6.45, 7) is 16.0. The van der Waals surface area contributed by atoms with Crippen molar-refractivity contribution >= 4 is 23.8 Å². The normalized spacial score (nSPS) is 11.5. The Morgan fingerprint density at radius 1 is 0.411 bits per heavy atom. The Kier molecular flexibility index (Phi) is 38.7. The van der Waals surface area contributed by atoms with Crippen LogP contribution < -0.4 is 5.32 Å². The topological polar surface area (TPSA) is 230 Å². The minimum absolute atomic E-state index is 0.00754. The van der Waals surface area contributed by atoms with E-state index >= 15 is 0 Å². The van der Waals surface area contributed by atoms with E-state index in [9.17, 15) is 19.2 Å². The molecule has 0 aromatic heterocycles. The van der Waals surface area contributed by atoms with Crippen LogP contribution in [0.4, 0.5) is 4.79 Å². The highest BCUT2D eigenvalue weighted by Gasteiger charge is 2.15. The van der Waals surface area contributed by atoms with Gasteiger partial charge in [0, 0.05) is 13.0 Å². The van der Waals surface area contributed by atoms with Crippen molar-refractivity contribution in [1.29, 1.82) is 0 Å². The summed E-state index contributed by atoms with van der Waals surface area (Å²) in [5, 5.41) is 11.1. The number of ketones is 1. The Labute approximate surface area is 330 Å². The fraction of sp³-hybridized carbons (Fsp3) is 0.889. The summed E-state index contributed by atoms with van der Waals surface area (Å²) < 4.78 is 75.1. The van der Waals surface area contributed by atoms with Gasteiger partial charge in [-0.1, -0.05) is 0 Å². The van der Waals surface area contributed by atoms with Crippen molar-refractivity contribution in [2.45, 2.75) is 39.2 Å². The van der Waals surface area contributed by atoms with Crippen LogP contribution in [0.1, 0.15) is 33.6 Å². The number of alkyl carbamates (subject to hydrolysis) is 1. The molecule has 20 heteroatoms. The first-order valence-corrected chi connectivity index (χ1v) is 18.9. The first-order chi connectivity index (χ1) is 27.1. The molecule has 0 aromatic rings. The van der Waals surface area contributed by atoms with Gasteiger partial charge in [0.25, 0.3) is 0 Å². The number of amides is 1. The van der Waals surface area contributed by atoms with Gasteiger partial charge in [-0.2, -0.15) is 0 Å². The highest BCUT2D eigenvalue weighted by molar-refractivity contribution is 6.32. The number of carbonyl (C=O) groups is 4. The Morgan fingerprint density at radius 2 is 0.679 bits per heavy atom. The van der Waals surface area contributed by atoms with Gasteiger partial charge in [-0.3, -0.25) is 9.59 Å². The van der Waals surface area contributed by atoms with Gasteiger partial charge in [0.05, 0.1) is 165 Å². The van der Waals surface area contributed by atoms with E-state index in [1.54, 1.807) is 0 Å². The van der Waals surface area contributed by atoms with Crippen molar-refractivity contribution in [3.05, 3.63) is 0 Å². The maximum Gasteiger partial charge on any atom is 0.407 e. The lowest BCUT2D eigenvalue weighted by molar-refractivity contribution is -0.151. The smallest absolute Gasteiger partial charge is 0.407 e. The van der Waals surface area contributed by atoms with Gasteiger partial charge in [0.1, 0.15) is 12.2 Å². The zero-order valence-electron chi connectivity index (χ0n) is 33.6. The van der Waals surface area contributed by atoms with E-state index in [1.165, 1.54) is 0 Å². The maximum atomic E-state index is 11.5. The third kappa shape index (κ3) is 44.1. The van der Waals surface area contributed by atoms with Gasteiger partial charge in [-0.15, -0.1) is 0 Å². The SMILES string of the molecule is CC(C)(C)OC(=O)NCCOCCOCCOCCOCCOCCOCCOCCOCCOCCOCCOCCOCCOC(=O)CCC(=O)C(=O)O. The lowest BCUT2D eigenvalue weighted by atomic mass is 10.2. The summed E-state index contributed by atoms with van der Waals surface area (Å²) in [7, 11) is 0. The second-order valence-corrected chi connectivity index (χ2v) is 12.2. The highest BCUT2D eigenvalue weighted by Crippen LogP contribution is 2.06. The van der Waals surface area contributed by atoms with E-state index in [0.29, 0.717) is 159 Å². The highest BCUT2D eigenvalue weighted by atomic mass is 16.6. The summed E-state index contributed by atoms with van der Waals surface area (Å²) in [6.07, 6.45) is -1.13. The van der Waals surface area contributed by atoms with E-state index in [1.807, 2.05) is 20.8 Å². The van der Waals surface area contributed by atoms with E-state index in [2.05, 4.69) is 5.32 Å². The minimum atomic E-state index is -1.57. The summed E-state index contributed by atoms with van der Waals surface area (Å²) in [4.78, 5) is 44.2. The van der Waals surface area contributed by atoms with E-state index < -0.39 is 35.8 Å². The van der Waals surface area contributed by atoms with E-state index in [-0.39, 0.29) is 19.6 Å². The number of nitrogens with one attached hydrogen (secondary N) is 1. The fourth-order valence-corrected chi connectivity index (χ4v) is 3.67. The average molecular weight is 818 g/mol. The van der Waals surface area contributed by atoms with Crippen LogP contribution >= 0.6 is 0 Å². The lowest BCUT2D eigenvalue weighted by Crippen LogP contribution is -2.34. The molecule has 0 rings (SSSR count). The number of carboxylic acids is 1. The van der Waals surface area contributed by atoms with Crippen molar-refractivity contribution in [1.82, 2.24) is 5.32 Å². The van der Waals surface area contributed by atoms with Crippen LogP contribution in [0, 0.1) is 0 Å². The van der Waals surface area contributed by atoms with Crippen LogP contribution in [-0.4, -0.2) is 206 Å². The third-order valence-corrected chi connectivity index (χ3v) is 6.29. The first kappa shape index (κ1) is 53.4. The number of rotatable bonds is 43. The van der Waals surface area contributed by atoms with Crippen molar-refractivity contribution < 1.29 is 90.6 Å². The molecule has 0 atom stereocenters. The summed E-state index contributed by atoms with van der Waals surface area (Å²) in [5.41, 5.74) is -0.522. The van der Waals surface area contributed by atoms with Crippen molar-refractivity contribution in [2.24, 2.45) is 0 Å². The predicted molar refractivity (Wildman–Crippen MR) is 197 cm³/mol. The second kappa shape index (κ2) is 40.6. The first-order valence-electron chi connectivity index (χ1n) is 18.9. The molecule has 0 bridgehead atoms. The number of ether oxygens (including phenoxy) is 14. The summed E-state index contributed by atoms with van der Waals surface area (Å²) in [5.74, 6) is -3.25. The number of carbonyl (C=O) groups excluding carboxylic acids is 3. The number of hydrogen-bond donors (Lipinski definition) is 2. The van der Waals surface area contributed by atoms with Crippen LogP contribution in [-0.2, 0) is 80.7 Å². The Hall–Kier alpha value is -2.60. The molecule has 0 unspecified atom stereocenters. The molecule has 0 aliphatic rings. The second-order valence-electron chi connectivity index (χ2n) is 12.2. The van der Waals surface area contributed by atoms with Crippen LogP contribution in [0.15, 0.2) is 0 Å². The zero-order chi connectivity index (χ0) is 41.2. The summed E-state index contributed by atoms with van der Waals surface area (Å²) in [6, 6.07) is 0. The summed E-state index contributed by atoms with van der Waals surface area (Å²) >= 11 is 0. The van der Waals surface area contributed by atoms with Crippen LogP contribution in [0.25, 0.3) is 0 Å². The molecule has 0 aromatic carbocycles. The molecule has 0 saturated heterocycles. The number of Topliss-reactive ketones (excluding diaryl/α,β-unsaturated/α-hetero) is 1. The molecule has 1 amide bonds. The third-order valence-electron chi connectivity index (χ3n) is 6.29. The standard InChI is InChI=1S/C36H67NO19/c1-36(2,3)56-35(42)37-6-7-43-8-9-44-10-11-45-12-13-46-14-15-47-16-17-48-18-19-49-20-21-50-22-23-51-24-25-52-26-27-53-28-29-54-30-31-55-33(39)5-4-32(38)34(40)41/h4-31H2,1-3H3,(H,37,42)(H,40,41). The number of carboxylic acid groups (broad SMARTS) is 1. The molecule has 0 radical (unpaired) electrons. The van der Waals surface area contributed by atoms with Crippen molar-refractivity contribution in [3.8, 4) is 0 Å². The van der Waals surface area contributed by atoms with Gasteiger partial charge in [0.15, 0.2) is 0 Å². The molecule has 0 fully saturated rings. The predicted octanol–water partition coefficient (Wildman–Crippen LogP) is 0.687. The quantitative estimate of drug-likeness (QED) is 0.0490. The van der Waals surface area contributed by atoms with Gasteiger partial charge >= 0.3 is 18.0 Å². The molecule has 2 N–H and O–H groups in total. The molecular formula is C36H67NO19. The molecule has 56 heavy (non-hydrogen) atoms. The number of hydrogen-bond acceptors (Lipinski definition) is 18. The minimum Gasteiger partial charge on any atom is -0.476 e. The van der Waals surface area contributed by atoms with Crippen LogP contribution in [0.3, 0.4) is 0 Å². The molecule has 330 valence electrons. The van der Waals surface area contributed by atoms with E-state index in [4.69, 9.17) is 71.4 Å².